The predicted molar refractivity (Wildman–Crippen MR) is 81.3 cm³/mol. The molecule has 0 saturated carbocycles. The van der Waals surface area contributed by atoms with Crippen LogP contribution in [0, 0.1) is 0 Å². The van der Waals surface area contributed by atoms with Crippen molar-refractivity contribution in [2.75, 3.05) is 0 Å². The Kier molecular flexibility index (Phi) is 4.67. The number of nitrogens with one attached hydrogen (secondary N) is 1. The Morgan fingerprint density at radius 2 is 1.90 bits per heavy atom. The standard InChI is InChI=1S/C14H10Cl2N2O3/c15-9-5-8(13(20)11(16)6-9)7-17-18-14(21)10-3-1-2-4-12(10)19/h1-7,19-20H,(H,18,21). The van der Waals surface area contributed by atoms with Gasteiger partial charge < -0.3 is 10.2 Å². The van der Waals surface area contributed by atoms with Gasteiger partial charge in [-0.2, -0.15) is 5.10 Å². The summed E-state index contributed by atoms with van der Waals surface area (Å²) in [6.07, 6.45) is 1.20. The Labute approximate surface area is 130 Å². The lowest BCUT2D eigenvalue weighted by molar-refractivity contribution is 0.0952. The summed E-state index contributed by atoms with van der Waals surface area (Å²) in [7, 11) is 0. The second-order valence-corrected chi connectivity index (χ2v) is 4.89. The fourth-order valence-corrected chi connectivity index (χ4v) is 2.08. The molecule has 0 heterocycles. The molecule has 2 rings (SSSR count). The van der Waals surface area contributed by atoms with E-state index in [9.17, 15) is 15.0 Å². The number of phenolic OH excluding ortho intramolecular Hbond substituents is 2. The van der Waals surface area contributed by atoms with Crippen molar-refractivity contribution in [3.63, 3.8) is 0 Å². The lowest BCUT2D eigenvalue weighted by atomic mass is 10.2. The number of rotatable bonds is 3. The zero-order valence-electron chi connectivity index (χ0n) is 10.5. The summed E-state index contributed by atoms with van der Waals surface area (Å²) in [4.78, 5) is 11.8. The minimum atomic E-state index is -0.586. The molecule has 2 aromatic carbocycles. The van der Waals surface area contributed by atoms with Crippen LogP contribution in [-0.4, -0.2) is 22.3 Å². The summed E-state index contributed by atoms with van der Waals surface area (Å²) in [5.41, 5.74) is 2.57. The number of hydrogen-bond acceptors (Lipinski definition) is 4. The van der Waals surface area contributed by atoms with Gasteiger partial charge in [0.25, 0.3) is 5.91 Å². The van der Waals surface area contributed by atoms with Crippen LogP contribution in [0.4, 0.5) is 0 Å². The maximum absolute atomic E-state index is 11.8. The first-order chi connectivity index (χ1) is 9.99. The third-order valence-electron chi connectivity index (χ3n) is 2.58. The average molecular weight is 325 g/mol. The van der Waals surface area contributed by atoms with Crippen LogP contribution < -0.4 is 5.43 Å². The van der Waals surface area contributed by atoms with Crippen LogP contribution in [0.15, 0.2) is 41.5 Å². The van der Waals surface area contributed by atoms with Crippen molar-refractivity contribution in [3.05, 3.63) is 57.6 Å². The Balaban J connectivity index is 2.13. The molecule has 0 aromatic heterocycles. The Morgan fingerprint density at radius 1 is 1.19 bits per heavy atom. The van der Waals surface area contributed by atoms with Crippen LogP contribution in [0.5, 0.6) is 11.5 Å². The van der Waals surface area contributed by atoms with E-state index in [2.05, 4.69) is 10.5 Å². The third-order valence-corrected chi connectivity index (χ3v) is 3.08. The number of aromatic hydroxyl groups is 2. The molecule has 3 N–H and O–H groups in total. The van der Waals surface area contributed by atoms with Gasteiger partial charge in [-0.05, 0) is 24.3 Å². The van der Waals surface area contributed by atoms with Crippen molar-refractivity contribution in [1.82, 2.24) is 5.43 Å². The lowest BCUT2D eigenvalue weighted by Gasteiger charge is -2.03. The number of carbonyl (C=O) groups excluding carboxylic acids is 1. The van der Waals surface area contributed by atoms with Crippen LogP contribution in [-0.2, 0) is 0 Å². The smallest absolute Gasteiger partial charge is 0.275 e. The fourth-order valence-electron chi connectivity index (χ4n) is 1.57. The fraction of sp³-hybridized carbons (Fsp3) is 0. The molecule has 108 valence electrons. The van der Waals surface area contributed by atoms with Crippen LogP contribution in [0.1, 0.15) is 15.9 Å². The van der Waals surface area contributed by atoms with Crippen molar-refractivity contribution < 1.29 is 15.0 Å². The number of phenols is 2. The predicted octanol–water partition coefficient (Wildman–Crippen LogP) is 3.17. The number of hydrazone groups is 1. The molecule has 5 nitrogen and oxygen atoms in total. The minimum Gasteiger partial charge on any atom is -0.507 e. The molecule has 0 aliphatic rings. The quantitative estimate of drug-likeness (QED) is 0.599. The van der Waals surface area contributed by atoms with Crippen molar-refractivity contribution in [3.8, 4) is 11.5 Å². The number of hydrogen-bond donors (Lipinski definition) is 3. The van der Waals surface area contributed by atoms with Crippen LogP contribution in [0.25, 0.3) is 0 Å². The highest BCUT2D eigenvalue weighted by Crippen LogP contribution is 2.29. The average Bonchev–Trinajstić information content (AvgIpc) is 2.44. The van der Waals surface area contributed by atoms with Crippen molar-refractivity contribution >= 4 is 35.3 Å². The molecule has 0 atom stereocenters. The molecule has 21 heavy (non-hydrogen) atoms. The summed E-state index contributed by atoms with van der Waals surface area (Å²) in [5.74, 6) is -0.933. The molecule has 0 saturated heterocycles. The molecule has 0 aliphatic carbocycles. The molecule has 0 aliphatic heterocycles. The summed E-state index contributed by atoms with van der Waals surface area (Å²) >= 11 is 11.6. The Hall–Kier alpha value is -2.24. The highest BCUT2D eigenvalue weighted by atomic mass is 35.5. The second kappa shape index (κ2) is 6.47. The van der Waals surface area contributed by atoms with Gasteiger partial charge in [-0.25, -0.2) is 5.43 Å². The van der Waals surface area contributed by atoms with E-state index >= 15 is 0 Å². The van der Waals surface area contributed by atoms with Crippen LogP contribution >= 0.6 is 23.2 Å². The Bertz CT molecular complexity index is 717. The van der Waals surface area contributed by atoms with E-state index < -0.39 is 5.91 Å². The molecule has 0 fully saturated rings. The van der Waals surface area contributed by atoms with E-state index in [-0.39, 0.29) is 27.6 Å². The van der Waals surface area contributed by atoms with E-state index in [1.165, 1.54) is 30.5 Å². The number of para-hydroxylation sites is 1. The third kappa shape index (κ3) is 3.65. The second-order valence-electron chi connectivity index (χ2n) is 4.04. The summed E-state index contributed by atoms with van der Waals surface area (Å²) in [6.45, 7) is 0. The highest BCUT2D eigenvalue weighted by molar-refractivity contribution is 6.36. The number of nitrogens with zero attached hydrogens (tertiary/aromatic N) is 1. The van der Waals surface area contributed by atoms with Gasteiger partial charge in [0.05, 0.1) is 16.8 Å². The van der Waals surface area contributed by atoms with Crippen molar-refractivity contribution in [2.24, 2.45) is 5.10 Å². The topological polar surface area (TPSA) is 81.9 Å². The largest absolute Gasteiger partial charge is 0.507 e. The molecular weight excluding hydrogens is 315 g/mol. The number of benzene rings is 2. The van der Waals surface area contributed by atoms with Gasteiger partial charge in [-0.15, -0.1) is 0 Å². The zero-order chi connectivity index (χ0) is 15.4. The number of halogens is 2. The molecule has 2 aromatic rings. The van der Waals surface area contributed by atoms with Gasteiger partial charge in [0.1, 0.15) is 11.5 Å². The van der Waals surface area contributed by atoms with E-state index in [1.807, 2.05) is 0 Å². The first-order valence-electron chi connectivity index (χ1n) is 5.78. The number of amides is 1. The lowest BCUT2D eigenvalue weighted by Crippen LogP contribution is -2.17. The SMILES string of the molecule is O=C(NN=Cc1cc(Cl)cc(Cl)c1O)c1ccccc1O. The first kappa shape index (κ1) is 15.2. The van der Waals surface area contributed by atoms with Crippen LogP contribution in [0.3, 0.4) is 0 Å². The van der Waals surface area contributed by atoms with E-state index in [0.717, 1.165) is 0 Å². The molecule has 7 heteroatoms. The monoisotopic (exact) mass is 324 g/mol. The minimum absolute atomic E-state index is 0.0796. The molecule has 0 spiro atoms. The summed E-state index contributed by atoms with van der Waals surface area (Å²) < 4.78 is 0. The van der Waals surface area contributed by atoms with Crippen molar-refractivity contribution in [1.29, 1.82) is 0 Å². The van der Waals surface area contributed by atoms with Gasteiger partial charge in [-0.3, -0.25) is 4.79 Å². The normalized spacial score (nSPS) is 10.8. The zero-order valence-corrected chi connectivity index (χ0v) is 12.1. The maximum atomic E-state index is 11.8. The van der Waals surface area contributed by atoms with Gasteiger partial charge in [0, 0.05) is 10.6 Å². The maximum Gasteiger partial charge on any atom is 0.275 e. The number of carbonyl (C=O) groups is 1. The molecule has 0 bridgehead atoms. The first-order valence-corrected chi connectivity index (χ1v) is 6.54. The van der Waals surface area contributed by atoms with E-state index in [0.29, 0.717) is 5.02 Å². The van der Waals surface area contributed by atoms with E-state index in [4.69, 9.17) is 23.2 Å². The molecule has 0 unspecified atom stereocenters. The molecular formula is C14H10Cl2N2O3. The van der Waals surface area contributed by atoms with Gasteiger partial charge >= 0.3 is 0 Å². The molecule has 1 amide bonds. The highest BCUT2D eigenvalue weighted by Gasteiger charge is 2.09. The summed E-state index contributed by atoms with van der Waals surface area (Å²) in [6, 6.07) is 8.88. The van der Waals surface area contributed by atoms with Crippen LogP contribution in [0.2, 0.25) is 10.0 Å². The Morgan fingerprint density at radius 3 is 2.62 bits per heavy atom. The summed E-state index contributed by atoms with van der Waals surface area (Å²) in [5, 5.41) is 23.3. The van der Waals surface area contributed by atoms with Gasteiger partial charge in [0.2, 0.25) is 0 Å². The van der Waals surface area contributed by atoms with Gasteiger partial charge in [-0.1, -0.05) is 35.3 Å². The van der Waals surface area contributed by atoms with Gasteiger partial charge in [0.15, 0.2) is 0 Å². The van der Waals surface area contributed by atoms with E-state index in [1.54, 1.807) is 12.1 Å². The molecule has 0 radical (unpaired) electrons. The van der Waals surface area contributed by atoms with Crippen molar-refractivity contribution in [2.45, 2.75) is 0 Å².